The van der Waals surface area contributed by atoms with Crippen molar-refractivity contribution in [3.63, 3.8) is 0 Å². The number of amides is 2. The van der Waals surface area contributed by atoms with E-state index in [1.165, 1.54) is 48.8 Å². The van der Waals surface area contributed by atoms with Crippen LogP contribution in [0.3, 0.4) is 0 Å². The molecule has 0 aliphatic carbocycles. The normalized spacial score (nSPS) is 14.2. The van der Waals surface area contributed by atoms with Crippen molar-refractivity contribution in [3.8, 4) is 0 Å². The Labute approximate surface area is 190 Å². The summed E-state index contributed by atoms with van der Waals surface area (Å²) in [5.41, 5.74) is 2.46. The summed E-state index contributed by atoms with van der Waals surface area (Å²) in [6.45, 7) is 4.73. The van der Waals surface area contributed by atoms with E-state index in [-0.39, 0.29) is 11.8 Å². The average molecular weight is 440 g/mol. The topological polar surface area (TPSA) is 50.5 Å². The maximum absolute atomic E-state index is 13.2. The van der Waals surface area contributed by atoms with Crippen LogP contribution in [-0.2, 0) is 15.3 Å². The Hall–Kier alpha value is -2.27. The maximum Gasteiger partial charge on any atom is 0.267 e. The molecule has 0 saturated heterocycles. The molecule has 2 heterocycles. The SMILES string of the molecule is CCCCCCCCCCN1C(=O)C(SCc2ccco2)=C(c2ccc(C)cc2)C1=O. The van der Waals surface area contributed by atoms with Gasteiger partial charge in [-0.3, -0.25) is 14.5 Å². The number of hydrogen-bond acceptors (Lipinski definition) is 4. The van der Waals surface area contributed by atoms with Gasteiger partial charge < -0.3 is 4.42 Å². The number of rotatable bonds is 13. The smallest absolute Gasteiger partial charge is 0.267 e. The molecule has 1 aliphatic rings. The maximum atomic E-state index is 13.2. The molecule has 2 aromatic rings. The van der Waals surface area contributed by atoms with Crippen molar-refractivity contribution in [2.24, 2.45) is 0 Å². The van der Waals surface area contributed by atoms with Crippen LogP contribution in [0, 0.1) is 6.92 Å². The third-order valence-electron chi connectivity index (χ3n) is 5.64. The van der Waals surface area contributed by atoms with Crippen LogP contribution < -0.4 is 0 Å². The Morgan fingerprint density at radius 3 is 2.19 bits per heavy atom. The Bertz CT molecular complexity index is 884. The molecule has 0 N–H and O–H groups in total. The summed E-state index contributed by atoms with van der Waals surface area (Å²) < 4.78 is 5.41. The fourth-order valence-electron chi connectivity index (χ4n) is 3.81. The van der Waals surface area contributed by atoms with E-state index in [4.69, 9.17) is 4.42 Å². The van der Waals surface area contributed by atoms with E-state index in [2.05, 4.69) is 6.92 Å². The fourth-order valence-corrected chi connectivity index (χ4v) is 4.84. The Balaban J connectivity index is 1.63. The largest absolute Gasteiger partial charge is 0.468 e. The minimum absolute atomic E-state index is 0.167. The van der Waals surface area contributed by atoms with Crippen LogP contribution >= 0.6 is 11.8 Å². The number of aryl methyl sites for hydroxylation is 1. The third-order valence-corrected chi connectivity index (χ3v) is 6.74. The number of imide groups is 1. The number of hydrogen-bond donors (Lipinski definition) is 0. The molecule has 1 aliphatic heterocycles. The first-order chi connectivity index (χ1) is 15.1. The zero-order valence-corrected chi connectivity index (χ0v) is 19.5. The van der Waals surface area contributed by atoms with Crippen molar-refractivity contribution >= 4 is 29.1 Å². The van der Waals surface area contributed by atoms with Gasteiger partial charge in [-0.05, 0) is 31.0 Å². The summed E-state index contributed by atoms with van der Waals surface area (Å²) in [5, 5.41) is 0. The Kier molecular flexibility index (Phi) is 9.01. The molecule has 0 spiro atoms. The lowest BCUT2D eigenvalue weighted by atomic mass is 10.0. The summed E-state index contributed by atoms with van der Waals surface area (Å²) in [6.07, 6.45) is 11.1. The van der Waals surface area contributed by atoms with Gasteiger partial charge >= 0.3 is 0 Å². The van der Waals surface area contributed by atoms with Crippen LogP contribution in [-0.4, -0.2) is 23.3 Å². The number of benzene rings is 1. The van der Waals surface area contributed by atoms with Gasteiger partial charge in [0.15, 0.2) is 0 Å². The molecule has 0 atom stereocenters. The lowest BCUT2D eigenvalue weighted by molar-refractivity contribution is -0.136. The molecule has 31 heavy (non-hydrogen) atoms. The second kappa shape index (κ2) is 11.9. The third kappa shape index (κ3) is 6.36. The van der Waals surface area contributed by atoms with Crippen molar-refractivity contribution in [1.82, 2.24) is 4.90 Å². The summed E-state index contributed by atoms with van der Waals surface area (Å²) in [5.74, 6) is 0.990. The van der Waals surface area contributed by atoms with Gasteiger partial charge in [0.25, 0.3) is 11.8 Å². The van der Waals surface area contributed by atoms with Gasteiger partial charge in [-0.2, -0.15) is 0 Å². The minimum Gasteiger partial charge on any atom is -0.468 e. The zero-order valence-electron chi connectivity index (χ0n) is 18.7. The van der Waals surface area contributed by atoms with Crippen molar-refractivity contribution in [3.05, 3.63) is 64.5 Å². The molecular weight excluding hydrogens is 406 g/mol. The number of unbranched alkanes of at least 4 members (excludes halogenated alkanes) is 7. The Morgan fingerprint density at radius 2 is 1.55 bits per heavy atom. The molecule has 0 unspecified atom stereocenters. The number of nitrogens with zero attached hydrogens (tertiary/aromatic N) is 1. The molecule has 166 valence electrons. The summed E-state index contributed by atoms with van der Waals surface area (Å²) in [7, 11) is 0. The number of furan rings is 1. The lowest BCUT2D eigenvalue weighted by Gasteiger charge is -2.15. The molecule has 2 amide bonds. The quantitative estimate of drug-likeness (QED) is 0.256. The van der Waals surface area contributed by atoms with E-state index < -0.39 is 0 Å². The fraction of sp³-hybridized carbons (Fsp3) is 0.462. The first kappa shape index (κ1) is 23.4. The van der Waals surface area contributed by atoms with Crippen LogP contribution in [0.15, 0.2) is 52.0 Å². The van der Waals surface area contributed by atoms with E-state index >= 15 is 0 Å². The van der Waals surface area contributed by atoms with Gasteiger partial charge in [0.2, 0.25) is 0 Å². The molecule has 0 saturated carbocycles. The van der Waals surface area contributed by atoms with Crippen LogP contribution in [0.25, 0.3) is 5.57 Å². The average Bonchev–Trinajstić information content (AvgIpc) is 3.36. The molecule has 1 aromatic carbocycles. The number of carbonyl (C=O) groups excluding carboxylic acids is 2. The van der Waals surface area contributed by atoms with E-state index in [0.29, 0.717) is 22.8 Å². The van der Waals surface area contributed by atoms with Crippen molar-refractivity contribution in [2.45, 2.75) is 71.0 Å². The van der Waals surface area contributed by atoms with Crippen LogP contribution in [0.4, 0.5) is 0 Å². The van der Waals surface area contributed by atoms with E-state index in [1.807, 2.05) is 43.3 Å². The van der Waals surface area contributed by atoms with E-state index in [0.717, 1.165) is 36.1 Å². The lowest BCUT2D eigenvalue weighted by Crippen LogP contribution is -2.32. The molecule has 0 bridgehead atoms. The van der Waals surface area contributed by atoms with Crippen molar-refractivity contribution < 1.29 is 14.0 Å². The highest BCUT2D eigenvalue weighted by atomic mass is 32.2. The highest BCUT2D eigenvalue weighted by Crippen LogP contribution is 2.37. The molecule has 1 aromatic heterocycles. The van der Waals surface area contributed by atoms with Crippen LogP contribution in [0.2, 0.25) is 0 Å². The molecule has 0 radical (unpaired) electrons. The van der Waals surface area contributed by atoms with Crippen LogP contribution in [0.1, 0.15) is 75.2 Å². The monoisotopic (exact) mass is 439 g/mol. The number of thioether (sulfide) groups is 1. The standard InChI is InChI=1S/C26H33NO3S/c1-3-4-5-6-7-8-9-10-17-27-25(28)23(21-15-13-20(2)14-16-21)24(26(27)29)31-19-22-12-11-18-30-22/h11-16,18H,3-10,17,19H2,1-2H3. The molecule has 3 rings (SSSR count). The molecule has 0 fully saturated rings. The number of carbonyl (C=O) groups is 2. The highest BCUT2D eigenvalue weighted by molar-refractivity contribution is 8.03. The van der Waals surface area contributed by atoms with Gasteiger partial charge in [0.1, 0.15) is 5.76 Å². The molecular formula is C26H33NO3S. The highest BCUT2D eigenvalue weighted by Gasteiger charge is 2.38. The van der Waals surface area contributed by atoms with E-state index in [9.17, 15) is 9.59 Å². The first-order valence-electron chi connectivity index (χ1n) is 11.4. The second-order valence-corrected chi connectivity index (χ2v) is 9.16. The van der Waals surface area contributed by atoms with Crippen molar-refractivity contribution in [1.29, 1.82) is 0 Å². The second-order valence-electron chi connectivity index (χ2n) is 8.18. The predicted octanol–water partition coefficient (Wildman–Crippen LogP) is 6.74. The van der Waals surface area contributed by atoms with Gasteiger partial charge in [-0.25, -0.2) is 0 Å². The summed E-state index contributed by atoms with van der Waals surface area (Å²) in [4.78, 5) is 28.4. The molecule has 4 nitrogen and oxygen atoms in total. The van der Waals surface area contributed by atoms with Crippen molar-refractivity contribution in [2.75, 3.05) is 6.54 Å². The summed E-state index contributed by atoms with van der Waals surface area (Å²) in [6, 6.07) is 11.6. The van der Waals surface area contributed by atoms with Gasteiger partial charge in [-0.1, -0.05) is 81.7 Å². The Morgan fingerprint density at radius 1 is 0.871 bits per heavy atom. The van der Waals surface area contributed by atoms with E-state index in [1.54, 1.807) is 6.26 Å². The van der Waals surface area contributed by atoms with Gasteiger partial charge in [-0.15, -0.1) is 11.8 Å². The van der Waals surface area contributed by atoms with Crippen LogP contribution in [0.5, 0.6) is 0 Å². The minimum atomic E-state index is -0.168. The van der Waals surface area contributed by atoms with Gasteiger partial charge in [0, 0.05) is 6.54 Å². The summed E-state index contributed by atoms with van der Waals surface area (Å²) >= 11 is 1.39. The molecule has 5 heteroatoms. The first-order valence-corrected chi connectivity index (χ1v) is 12.4. The van der Waals surface area contributed by atoms with Gasteiger partial charge in [0.05, 0.1) is 22.5 Å². The zero-order chi connectivity index (χ0) is 22.1. The predicted molar refractivity (Wildman–Crippen MR) is 127 cm³/mol.